The number of ether oxygens (including phenoxy) is 2. The second-order valence-electron chi connectivity index (χ2n) is 3.59. The maximum Gasteiger partial charge on any atom is 0.245 e. The lowest BCUT2D eigenvalue weighted by Crippen LogP contribution is -2.26. The van der Waals surface area contributed by atoms with Crippen molar-refractivity contribution >= 4 is 5.91 Å². The first-order valence-electron chi connectivity index (χ1n) is 5.14. The van der Waals surface area contributed by atoms with Gasteiger partial charge in [-0.2, -0.15) is 0 Å². The van der Waals surface area contributed by atoms with E-state index in [4.69, 9.17) is 14.3 Å². The SMILES string of the molecule is COCCONC(=O)CCOCC(C)C. The summed E-state index contributed by atoms with van der Waals surface area (Å²) >= 11 is 0. The van der Waals surface area contributed by atoms with Crippen LogP contribution in [-0.2, 0) is 19.1 Å². The fraction of sp³-hybridized carbons (Fsp3) is 0.900. The second kappa shape index (κ2) is 9.89. The highest BCUT2D eigenvalue weighted by Crippen LogP contribution is 1.93. The molecule has 0 aliphatic carbocycles. The number of methoxy groups -OCH3 is 1. The molecule has 0 fully saturated rings. The number of carbonyl (C=O) groups is 1. The molecule has 0 bridgehead atoms. The van der Waals surface area contributed by atoms with Crippen LogP contribution in [0.15, 0.2) is 0 Å². The van der Waals surface area contributed by atoms with Crippen molar-refractivity contribution in [2.45, 2.75) is 20.3 Å². The zero-order valence-corrected chi connectivity index (χ0v) is 9.75. The van der Waals surface area contributed by atoms with E-state index in [1.165, 1.54) is 0 Å². The molecule has 0 saturated carbocycles. The van der Waals surface area contributed by atoms with Gasteiger partial charge in [0.2, 0.25) is 5.91 Å². The molecular formula is C10H21NO4. The van der Waals surface area contributed by atoms with Gasteiger partial charge in [0.05, 0.1) is 26.2 Å². The molecule has 0 atom stereocenters. The first-order valence-corrected chi connectivity index (χ1v) is 5.14. The third kappa shape index (κ3) is 11.3. The van der Waals surface area contributed by atoms with Crippen molar-refractivity contribution in [1.29, 1.82) is 0 Å². The Bertz CT molecular complexity index is 162. The van der Waals surface area contributed by atoms with E-state index < -0.39 is 0 Å². The maximum absolute atomic E-state index is 11.1. The van der Waals surface area contributed by atoms with E-state index in [2.05, 4.69) is 19.3 Å². The summed E-state index contributed by atoms with van der Waals surface area (Å²) in [5.41, 5.74) is 2.31. The number of rotatable bonds is 9. The van der Waals surface area contributed by atoms with E-state index in [0.29, 0.717) is 38.8 Å². The van der Waals surface area contributed by atoms with Crippen LogP contribution in [0.4, 0.5) is 0 Å². The Kier molecular flexibility index (Phi) is 9.46. The maximum atomic E-state index is 11.1. The van der Waals surface area contributed by atoms with Crippen LogP contribution in [-0.4, -0.2) is 39.4 Å². The van der Waals surface area contributed by atoms with Crippen LogP contribution in [0.3, 0.4) is 0 Å². The molecule has 0 radical (unpaired) electrons. The summed E-state index contributed by atoms with van der Waals surface area (Å²) in [6.07, 6.45) is 0.319. The van der Waals surface area contributed by atoms with Crippen molar-refractivity contribution in [3.8, 4) is 0 Å². The smallest absolute Gasteiger partial charge is 0.245 e. The highest BCUT2D eigenvalue weighted by atomic mass is 16.7. The summed E-state index contributed by atoms with van der Waals surface area (Å²) in [6.45, 7) is 6.05. The summed E-state index contributed by atoms with van der Waals surface area (Å²) in [5.74, 6) is 0.320. The van der Waals surface area contributed by atoms with Crippen molar-refractivity contribution in [2.24, 2.45) is 5.92 Å². The van der Waals surface area contributed by atoms with Gasteiger partial charge in [-0.15, -0.1) is 0 Å². The number of carbonyl (C=O) groups excluding carboxylic acids is 1. The Morgan fingerprint density at radius 3 is 2.60 bits per heavy atom. The zero-order valence-electron chi connectivity index (χ0n) is 9.75. The number of nitrogens with one attached hydrogen (secondary N) is 1. The standard InChI is InChI=1S/C10H21NO4/c1-9(2)8-14-5-4-10(12)11-15-7-6-13-3/h9H,4-8H2,1-3H3,(H,11,12). The van der Waals surface area contributed by atoms with Crippen LogP contribution in [0.1, 0.15) is 20.3 Å². The number of hydrogen-bond donors (Lipinski definition) is 1. The van der Waals surface area contributed by atoms with Crippen molar-refractivity contribution in [3.63, 3.8) is 0 Å². The molecule has 90 valence electrons. The van der Waals surface area contributed by atoms with E-state index in [-0.39, 0.29) is 5.91 Å². The molecule has 0 aliphatic heterocycles. The van der Waals surface area contributed by atoms with E-state index in [9.17, 15) is 4.79 Å². The van der Waals surface area contributed by atoms with Crippen molar-refractivity contribution in [1.82, 2.24) is 5.48 Å². The molecule has 0 saturated heterocycles. The number of hydroxylamine groups is 1. The molecule has 0 aromatic heterocycles. The quantitative estimate of drug-likeness (QED) is 0.459. The molecule has 0 aromatic rings. The minimum Gasteiger partial charge on any atom is -0.382 e. The van der Waals surface area contributed by atoms with Gasteiger partial charge < -0.3 is 9.47 Å². The van der Waals surface area contributed by atoms with Gasteiger partial charge in [0.15, 0.2) is 0 Å². The van der Waals surface area contributed by atoms with E-state index in [1.807, 2.05) is 0 Å². The molecule has 5 heteroatoms. The Morgan fingerprint density at radius 1 is 1.27 bits per heavy atom. The average Bonchev–Trinajstić information content (AvgIpc) is 2.19. The fourth-order valence-corrected chi connectivity index (χ4v) is 0.791. The Balaban J connectivity index is 3.19. The van der Waals surface area contributed by atoms with Gasteiger partial charge in [-0.05, 0) is 5.92 Å². The van der Waals surface area contributed by atoms with Crippen LogP contribution in [0.5, 0.6) is 0 Å². The Labute approximate surface area is 91.0 Å². The number of amides is 1. The van der Waals surface area contributed by atoms with Crippen LogP contribution >= 0.6 is 0 Å². The minimum atomic E-state index is -0.171. The topological polar surface area (TPSA) is 56.8 Å². The lowest BCUT2D eigenvalue weighted by Gasteiger charge is -2.07. The highest BCUT2D eigenvalue weighted by molar-refractivity contribution is 5.74. The van der Waals surface area contributed by atoms with Gasteiger partial charge in [0.25, 0.3) is 0 Å². The van der Waals surface area contributed by atoms with Crippen molar-refractivity contribution in [3.05, 3.63) is 0 Å². The van der Waals surface area contributed by atoms with E-state index >= 15 is 0 Å². The molecule has 0 unspecified atom stereocenters. The first kappa shape index (κ1) is 14.3. The Morgan fingerprint density at radius 2 is 2.00 bits per heavy atom. The summed E-state index contributed by atoms with van der Waals surface area (Å²) in [6, 6.07) is 0. The second-order valence-corrected chi connectivity index (χ2v) is 3.59. The minimum absolute atomic E-state index is 0.171. The summed E-state index contributed by atoms with van der Waals surface area (Å²) < 4.78 is 10.00. The molecule has 0 aliphatic rings. The summed E-state index contributed by atoms with van der Waals surface area (Å²) in [4.78, 5) is 15.9. The van der Waals surface area contributed by atoms with Crippen LogP contribution < -0.4 is 5.48 Å². The monoisotopic (exact) mass is 219 g/mol. The third-order valence-corrected chi connectivity index (χ3v) is 1.50. The van der Waals surface area contributed by atoms with E-state index in [1.54, 1.807) is 7.11 Å². The molecule has 0 aromatic carbocycles. The molecule has 1 N–H and O–H groups in total. The molecule has 5 nitrogen and oxygen atoms in total. The normalized spacial score (nSPS) is 10.7. The molecule has 15 heavy (non-hydrogen) atoms. The predicted octanol–water partition coefficient (Wildman–Crippen LogP) is 0.743. The van der Waals surface area contributed by atoms with Gasteiger partial charge >= 0.3 is 0 Å². The third-order valence-electron chi connectivity index (χ3n) is 1.50. The van der Waals surface area contributed by atoms with Crippen LogP contribution in [0.25, 0.3) is 0 Å². The largest absolute Gasteiger partial charge is 0.382 e. The lowest BCUT2D eigenvalue weighted by atomic mass is 10.2. The van der Waals surface area contributed by atoms with Crippen molar-refractivity contribution in [2.75, 3.05) is 33.5 Å². The van der Waals surface area contributed by atoms with Gasteiger partial charge in [-0.25, -0.2) is 5.48 Å². The molecule has 1 amide bonds. The lowest BCUT2D eigenvalue weighted by molar-refractivity contribution is -0.135. The van der Waals surface area contributed by atoms with Crippen molar-refractivity contribution < 1.29 is 19.1 Å². The number of hydrogen-bond acceptors (Lipinski definition) is 4. The van der Waals surface area contributed by atoms with Gasteiger partial charge in [0, 0.05) is 13.7 Å². The first-order chi connectivity index (χ1) is 7.16. The molecule has 0 rings (SSSR count). The average molecular weight is 219 g/mol. The fourth-order valence-electron chi connectivity index (χ4n) is 0.791. The summed E-state index contributed by atoms with van der Waals surface area (Å²) in [7, 11) is 1.57. The molecule has 0 heterocycles. The zero-order chi connectivity index (χ0) is 11.5. The van der Waals surface area contributed by atoms with Gasteiger partial charge in [-0.1, -0.05) is 13.8 Å². The highest BCUT2D eigenvalue weighted by Gasteiger charge is 2.01. The summed E-state index contributed by atoms with van der Waals surface area (Å²) in [5, 5.41) is 0. The van der Waals surface area contributed by atoms with E-state index in [0.717, 1.165) is 0 Å². The molecule has 0 spiro atoms. The molecular weight excluding hydrogens is 198 g/mol. The van der Waals surface area contributed by atoms with Crippen LogP contribution in [0, 0.1) is 5.92 Å². The van der Waals surface area contributed by atoms with Crippen LogP contribution in [0.2, 0.25) is 0 Å². The predicted molar refractivity (Wildman–Crippen MR) is 56.2 cm³/mol. The van der Waals surface area contributed by atoms with Gasteiger partial charge in [-0.3, -0.25) is 9.63 Å². The van der Waals surface area contributed by atoms with Gasteiger partial charge in [0.1, 0.15) is 0 Å². The Hall–Kier alpha value is -0.650.